The molecule has 0 amide bonds. The highest BCUT2D eigenvalue weighted by Crippen LogP contribution is 2.43. The van der Waals surface area contributed by atoms with Crippen molar-refractivity contribution in [3.05, 3.63) is 82.9 Å². The summed E-state index contributed by atoms with van der Waals surface area (Å²) < 4.78 is 10.7. The van der Waals surface area contributed by atoms with Crippen molar-refractivity contribution in [2.45, 2.75) is 5.92 Å². The van der Waals surface area contributed by atoms with Crippen LogP contribution in [0, 0.1) is 11.8 Å². The van der Waals surface area contributed by atoms with E-state index in [-0.39, 0.29) is 22.9 Å². The van der Waals surface area contributed by atoms with E-state index in [1.54, 1.807) is 24.3 Å². The van der Waals surface area contributed by atoms with E-state index < -0.39 is 41.3 Å². The number of hydrogen-bond acceptors (Lipinski definition) is 8. The normalized spacial score (nSPS) is 20.7. The summed E-state index contributed by atoms with van der Waals surface area (Å²) >= 11 is 6.00. The van der Waals surface area contributed by atoms with Crippen LogP contribution in [0.2, 0.25) is 5.02 Å². The van der Waals surface area contributed by atoms with Gasteiger partial charge < -0.3 is 9.47 Å². The molecule has 2 aliphatic rings. The first-order valence-corrected chi connectivity index (χ1v) is 10.0. The Morgan fingerprint density at radius 1 is 0.719 bits per heavy atom. The number of halogens is 1. The third-order valence-electron chi connectivity index (χ3n) is 5.48. The van der Waals surface area contributed by atoms with Crippen molar-refractivity contribution in [2.75, 3.05) is 0 Å². The van der Waals surface area contributed by atoms with Gasteiger partial charge >= 0.3 is 11.9 Å². The molecule has 4 heterocycles. The van der Waals surface area contributed by atoms with Crippen LogP contribution in [0.5, 0.6) is 11.5 Å². The molecule has 0 bridgehead atoms. The third-order valence-corrected chi connectivity index (χ3v) is 5.73. The van der Waals surface area contributed by atoms with Crippen LogP contribution in [0.25, 0.3) is 0 Å². The van der Waals surface area contributed by atoms with Crippen LogP contribution in [0.15, 0.2) is 60.9 Å². The van der Waals surface area contributed by atoms with Crippen molar-refractivity contribution >= 4 is 35.1 Å². The Bertz CT molecular complexity index is 1210. The lowest BCUT2D eigenvalue weighted by Crippen LogP contribution is -2.47. The molecular weight excluding hydrogens is 436 g/mol. The van der Waals surface area contributed by atoms with E-state index in [1.165, 1.54) is 36.7 Å². The highest BCUT2D eigenvalue weighted by Gasteiger charge is 2.53. The van der Waals surface area contributed by atoms with Gasteiger partial charge in [0.25, 0.3) is 0 Å². The Hall–Kier alpha value is -3.91. The van der Waals surface area contributed by atoms with Crippen molar-refractivity contribution in [1.29, 1.82) is 0 Å². The lowest BCUT2D eigenvalue weighted by atomic mass is 9.71. The number of ketones is 2. The second kappa shape index (κ2) is 7.65. The molecule has 8 nitrogen and oxygen atoms in total. The minimum Gasteiger partial charge on any atom is -0.424 e. The molecule has 0 aliphatic carbocycles. The van der Waals surface area contributed by atoms with E-state index in [1.807, 2.05) is 0 Å². The number of rotatable bonds is 3. The van der Waals surface area contributed by atoms with Gasteiger partial charge in [-0.25, -0.2) is 9.97 Å². The van der Waals surface area contributed by atoms with Gasteiger partial charge in [-0.2, -0.15) is 0 Å². The fourth-order valence-corrected chi connectivity index (χ4v) is 4.18. The molecule has 0 spiro atoms. The summed E-state index contributed by atoms with van der Waals surface area (Å²) in [5, 5.41) is 0.404. The summed E-state index contributed by atoms with van der Waals surface area (Å²) in [4.78, 5) is 60.7. The zero-order valence-corrected chi connectivity index (χ0v) is 17.0. The largest absolute Gasteiger partial charge is 0.424 e. The second-order valence-corrected chi connectivity index (χ2v) is 7.74. The van der Waals surface area contributed by atoms with Gasteiger partial charge in [0, 0.05) is 23.3 Å². The molecule has 3 aromatic rings. The molecule has 0 saturated carbocycles. The summed E-state index contributed by atoms with van der Waals surface area (Å²) in [5.41, 5.74) is 0.274. The Morgan fingerprint density at radius 3 is 1.66 bits per heavy atom. The number of nitrogens with zero attached hydrogens (tertiary/aromatic N) is 2. The predicted molar refractivity (Wildman–Crippen MR) is 110 cm³/mol. The molecule has 2 atom stereocenters. The number of aromatic nitrogens is 2. The monoisotopic (exact) mass is 448 g/mol. The molecule has 2 unspecified atom stereocenters. The van der Waals surface area contributed by atoms with Gasteiger partial charge in [0.1, 0.15) is 23.2 Å². The summed E-state index contributed by atoms with van der Waals surface area (Å²) in [6.45, 7) is 0. The smallest absolute Gasteiger partial charge is 0.323 e. The molecule has 5 rings (SSSR count). The zero-order chi connectivity index (χ0) is 22.4. The van der Waals surface area contributed by atoms with Gasteiger partial charge in [-0.3, -0.25) is 19.2 Å². The molecule has 32 heavy (non-hydrogen) atoms. The van der Waals surface area contributed by atoms with E-state index in [0.717, 1.165) is 0 Å². The number of carbonyl (C=O) groups is 4. The SMILES string of the molecule is O=C1Oc2cccnc2C(=O)C1C(c1ccc(Cl)cc1)C1C(=O)Oc2cccnc2C1=O. The van der Waals surface area contributed by atoms with Crippen LogP contribution in [0.3, 0.4) is 0 Å². The van der Waals surface area contributed by atoms with Gasteiger partial charge in [0.05, 0.1) is 0 Å². The minimum absolute atomic E-state index is 0.0261. The molecule has 0 radical (unpaired) electrons. The van der Waals surface area contributed by atoms with Crippen LogP contribution < -0.4 is 9.47 Å². The standard InChI is InChI=1S/C23H13ClN2O6/c24-12-7-5-11(6-8-12)15(16-20(27)18-13(31-22(16)29)3-1-9-25-18)17-21(28)19-14(32-23(17)30)4-2-10-26-19/h1-10,15-17H. The topological polar surface area (TPSA) is 113 Å². The molecule has 0 saturated heterocycles. The first-order valence-electron chi connectivity index (χ1n) is 9.63. The molecule has 158 valence electrons. The predicted octanol–water partition coefficient (Wildman–Crippen LogP) is 3.05. The average Bonchev–Trinajstić information content (AvgIpc) is 2.78. The fraction of sp³-hybridized carbons (Fsp3) is 0.130. The van der Waals surface area contributed by atoms with Crippen LogP contribution in [-0.2, 0) is 9.59 Å². The van der Waals surface area contributed by atoms with Crippen molar-refractivity contribution in [1.82, 2.24) is 9.97 Å². The van der Waals surface area contributed by atoms with Crippen LogP contribution in [0.1, 0.15) is 32.5 Å². The summed E-state index contributed by atoms with van der Waals surface area (Å²) in [5.74, 6) is -7.22. The quantitative estimate of drug-likeness (QED) is 0.444. The number of Topliss-reactive ketones (excluding diaryl/α,β-unsaturated/α-hetero) is 2. The van der Waals surface area contributed by atoms with E-state index in [0.29, 0.717) is 10.6 Å². The van der Waals surface area contributed by atoms with Gasteiger partial charge in [-0.15, -0.1) is 0 Å². The van der Waals surface area contributed by atoms with E-state index >= 15 is 0 Å². The molecule has 1 aromatic carbocycles. The highest BCUT2D eigenvalue weighted by atomic mass is 35.5. The molecular formula is C23H13ClN2O6. The maximum absolute atomic E-state index is 13.3. The first kappa shape index (κ1) is 20.0. The average molecular weight is 449 g/mol. The molecule has 2 aliphatic heterocycles. The third kappa shape index (κ3) is 3.16. The molecule has 9 heteroatoms. The van der Waals surface area contributed by atoms with Crippen molar-refractivity contribution < 1.29 is 28.7 Å². The Kier molecular flexibility index (Phi) is 4.79. The Morgan fingerprint density at radius 2 is 1.19 bits per heavy atom. The Balaban J connectivity index is 1.67. The van der Waals surface area contributed by atoms with Crippen LogP contribution in [0.4, 0.5) is 0 Å². The maximum Gasteiger partial charge on any atom is 0.323 e. The molecule has 0 fully saturated rings. The number of carbonyl (C=O) groups excluding carboxylic acids is 4. The van der Waals surface area contributed by atoms with Gasteiger partial charge in [0.2, 0.25) is 0 Å². The van der Waals surface area contributed by atoms with E-state index in [2.05, 4.69) is 9.97 Å². The lowest BCUT2D eigenvalue weighted by Gasteiger charge is -2.33. The summed E-state index contributed by atoms with van der Waals surface area (Å²) in [6.07, 6.45) is 2.79. The zero-order valence-electron chi connectivity index (χ0n) is 16.2. The van der Waals surface area contributed by atoms with E-state index in [9.17, 15) is 19.2 Å². The number of benzene rings is 1. The molecule has 2 aromatic heterocycles. The number of pyridine rings is 2. The first-order chi connectivity index (χ1) is 15.5. The summed E-state index contributed by atoms with van der Waals surface area (Å²) in [6, 6.07) is 12.1. The Labute approximate surface area is 186 Å². The van der Waals surface area contributed by atoms with Crippen molar-refractivity contribution in [2.24, 2.45) is 11.8 Å². The lowest BCUT2D eigenvalue weighted by molar-refractivity contribution is -0.142. The number of fused-ring (bicyclic) bond motifs is 2. The van der Waals surface area contributed by atoms with Crippen molar-refractivity contribution in [3.8, 4) is 11.5 Å². The van der Waals surface area contributed by atoms with E-state index in [4.69, 9.17) is 21.1 Å². The van der Waals surface area contributed by atoms with Crippen LogP contribution >= 0.6 is 11.6 Å². The highest BCUT2D eigenvalue weighted by molar-refractivity contribution is 6.30. The summed E-state index contributed by atoms with van der Waals surface area (Å²) in [7, 11) is 0. The second-order valence-electron chi connectivity index (χ2n) is 7.30. The van der Waals surface area contributed by atoms with Gasteiger partial charge in [-0.1, -0.05) is 23.7 Å². The van der Waals surface area contributed by atoms with Gasteiger partial charge in [-0.05, 0) is 42.0 Å². The molecule has 0 N–H and O–H groups in total. The number of ether oxygens (including phenoxy) is 2. The fourth-order valence-electron chi connectivity index (χ4n) is 4.05. The van der Waals surface area contributed by atoms with Gasteiger partial charge in [0.15, 0.2) is 23.1 Å². The minimum atomic E-state index is -1.50. The van der Waals surface area contributed by atoms with Crippen molar-refractivity contribution in [3.63, 3.8) is 0 Å². The van der Waals surface area contributed by atoms with Crippen LogP contribution in [-0.4, -0.2) is 33.5 Å². The maximum atomic E-state index is 13.3. The number of hydrogen-bond donors (Lipinski definition) is 0. The number of esters is 2.